The Kier molecular flexibility index (Phi) is 5.24. The molecule has 0 unspecified atom stereocenters. The van der Waals surface area contributed by atoms with Crippen LogP contribution in [0.15, 0.2) is 17.4 Å². The van der Waals surface area contributed by atoms with Gasteiger partial charge in [0.1, 0.15) is 0 Å². The fourth-order valence-corrected chi connectivity index (χ4v) is 3.43. The molecule has 0 amide bonds. The van der Waals surface area contributed by atoms with Crippen molar-refractivity contribution in [2.45, 2.75) is 39.7 Å². The fraction of sp³-hybridized carbons (Fsp3) is 0.769. The molecule has 0 bridgehead atoms. The predicted octanol–water partition coefficient (Wildman–Crippen LogP) is 2.17. The van der Waals surface area contributed by atoms with Crippen molar-refractivity contribution in [1.29, 1.82) is 0 Å². The molecule has 2 rings (SSSR count). The zero-order valence-electron chi connectivity index (χ0n) is 11.8. The molecule has 106 valence electrons. The van der Waals surface area contributed by atoms with E-state index in [1.165, 1.54) is 18.6 Å². The lowest BCUT2D eigenvalue weighted by atomic mass is 9.84. The van der Waals surface area contributed by atoms with Crippen LogP contribution in [0.4, 0.5) is 0 Å². The molecule has 5 nitrogen and oxygen atoms in total. The van der Waals surface area contributed by atoms with Crippen molar-refractivity contribution in [2.75, 3.05) is 18.8 Å². The summed E-state index contributed by atoms with van der Waals surface area (Å²) in [5, 5.41) is 12.3. The lowest BCUT2D eigenvalue weighted by Gasteiger charge is -2.33. The second-order valence-electron chi connectivity index (χ2n) is 5.06. The smallest absolute Gasteiger partial charge is 0.156 e. The summed E-state index contributed by atoms with van der Waals surface area (Å²) < 4.78 is 1.86. The van der Waals surface area contributed by atoms with E-state index in [1.807, 2.05) is 22.6 Å². The van der Waals surface area contributed by atoms with Crippen molar-refractivity contribution < 1.29 is 0 Å². The standard InChI is InChI=1S/C13H23N5S/c1-3-13(4-2)10-15-12(19-11-13)14-6-5-8-18-9-7-16-17-18/h7,9H,3-6,8,10-11H2,1-2H3,(H,14,15). The van der Waals surface area contributed by atoms with Crippen molar-refractivity contribution >= 4 is 16.9 Å². The molecule has 0 saturated heterocycles. The van der Waals surface area contributed by atoms with Gasteiger partial charge < -0.3 is 5.32 Å². The molecule has 1 N–H and O–H groups in total. The molecule has 2 heterocycles. The van der Waals surface area contributed by atoms with Crippen LogP contribution in [0.2, 0.25) is 0 Å². The summed E-state index contributed by atoms with van der Waals surface area (Å²) in [6, 6.07) is 0. The highest BCUT2D eigenvalue weighted by Gasteiger charge is 2.29. The van der Waals surface area contributed by atoms with Crippen LogP contribution in [-0.4, -0.2) is 39.0 Å². The van der Waals surface area contributed by atoms with Gasteiger partial charge >= 0.3 is 0 Å². The van der Waals surface area contributed by atoms with E-state index in [1.54, 1.807) is 6.20 Å². The first kappa shape index (κ1) is 14.4. The predicted molar refractivity (Wildman–Crippen MR) is 80.4 cm³/mol. The summed E-state index contributed by atoms with van der Waals surface area (Å²) >= 11 is 1.87. The number of hydrogen-bond acceptors (Lipinski definition) is 5. The number of rotatable bonds is 6. The first-order valence-electron chi connectivity index (χ1n) is 7.03. The molecule has 0 fully saturated rings. The second-order valence-corrected chi connectivity index (χ2v) is 6.03. The monoisotopic (exact) mass is 281 g/mol. The average molecular weight is 281 g/mol. The van der Waals surface area contributed by atoms with Crippen LogP contribution >= 0.6 is 11.8 Å². The largest absolute Gasteiger partial charge is 0.365 e. The van der Waals surface area contributed by atoms with Gasteiger partial charge in [0.2, 0.25) is 0 Å². The summed E-state index contributed by atoms with van der Waals surface area (Å²) in [6.07, 6.45) is 7.09. The van der Waals surface area contributed by atoms with Gasteiger partial charge in [0.25, 0.3) is 0 Å². The van der Waals surface area contributed by atoms with Crippen LogP contribution in [0.25, 0.3) is 0 Å². The maximum atomic E-state index is 4.69. The van der Waals surface area contributed by atoms with E-state index in [-0.39, 0.29) is 0 Å². The summed E-state index contributed by atoms with van der Waals surface area (Å²) in [6.45, 7) is 7.36. The van der Waals surface area contributed by atoms with Crippen molar-refractivity contribution in [3.8, 4) is 0 Å². The van der Waals surface area contributed by atoms with Crippen LogP contribution in [0.3, 0.4) is 0 Å². The number of hydrogen-bond donors (Lipinski definition) is 1. The molecule has 19 heavy (non-hydrogen) atoms. The van der Waals surface area contributed by atoms with Crippen LogP contribution < -0.4 is 5.32 Å². The number of aliphatic imine (C=N–C) groups is 1. The summed E-state index contributed by atoms with van der Waals surface area (Å²) in [5.41, 5.74) is 0.427. The molecule has 1 aromatic heterocycles. The zero-order chi connectivity index (χ0) is 13.6. The van der Waals surface area contributed by atoms with E-state index in [0.717, 1.165) is 31.2 Å². The number of aryl methyl sites for hydroxylation is 1. The van der Waals surface area contributed by atoms with Gasteiger partial charge in [0.15, 0.2) is 5.17 Å². The molecule has 0 spiro atoms. The minimum Gasteiger partial charge on any atom is -0.365 e. The molecule has 0 saturated carbocycles. The lowest BCUT2D eigenvalue weighted by molar-refractivity contribution is 0.318. The number of amidine groups is 1. The van der Waals surface area contributed by atoms with E-state index in [9.17, 15) is 0 Å². The topological polar surface area (TPSA) is 55.1 Å². The van der Waals surface area contributed by atoms with Gasteiger partial charge in [-0.15, -0.1) is 5.10 Å². The Morgan fingerprint density at radius 2 is 2.26 bits per heavy atom. The Hall–Kier alpha value is -1.04. The van der Waals surface area contributed by atoms with Crippen molar-refractivity contribution in [2.24, 2.45) is 10.4 Å². The van der Waals surface area contributed by atoms with Gasteiger partial charge in [0.05, 0.1) is 6.20 Å². The number of nitrogens with zero attached hydrogens (tertiary/aromatic N) is 4. The van der Waals surface area contributed by atoms with E-state index in [0.29, 0.717) is 5.41 Å². The van der Waals surface area contributed by atoms with E-state index >= 15 is 0 Å². The van der Waals surface area contributed by atoms with Gasteiger partial charge in [0, 0.05) is 31.6 Å². The molecule has 1 aliphatic heterocycles. The fourth-order valence-electron chi connectivity index (χ4n) is 2.13. The highest BCUT2D eigenvalue weighted by Crippen LogP contribution is 2.34. The van der Waals surface area contributed by atoms with Crippen LogP contribution in [0, 0.1) is 5.41 Å². The highest BCUT2D eigenvalue weighted by molar-refractivity contribution is 8.13. The first-order valence-corrected chi connectivity index (χ1v) is 8.02. The first-order chi connectivity index (χ1) is 9.28. The summed E-state index contributed by atoms with van der Waals surface area (Å²) in [4.78, 5) is 4.69. The van der Waals surface area contributed by atoms with Gasteiger partial charge in [-0.25, -0.2) is 0 Å². The Balaban J connectivity index is 1.68. The Labute approximate surface area is 119 Å². The number of nitrogens with one attached hydrogen (secondary N) is 1. The molecule has 0 radical (unpaired) electrons. The molecule has 6 heteroatoms. The highest BCUT2D eigenvalue weighted by atomic mass is 32.2. The van der Waals surface area contributed by atoms with Gasteiger partial charge in [-0.05, 0) is 24.7 Å². The third kappa shape index (κ3) is 3.96. The van der Waals surface area contributed by atoms with E-state index in [2.05, 4.69) is 29.5 Å². The van der Waals surface area contributed by atoms with Gasteiger partial charge in [-0.1, -0.05) is 30.8 Å². The number of thioether (sulfide) groups is 1. The third-order valence-electron chi connectivity index (χ3n) is 3.89. The molecule has 1 aliphatic rings. The zero-order valence-corrected chi connectivity index (χ0v) is 12.6. The minimum absolute atomic E-state index is 0.427. The quantitative estimate of drug-likeness (QED) is 0.812. The van der Waals surface area contributed by atoms with Crippen LogP contribution in [0.5, 0.6) is 0 Å². The van der Waals surface area contributed by atoms with Gasteiger partial charge in [-0.2, -0.15) is 0 Å². The SMILES string of the molecule is CCC1(CC)CN=C(NCCCn2ccnn2)SC1. The van der Waals surface area contributed by atoms with Crippen LogP contribution in [-0.2, 0) is 6.54 Å². The normalized spacial score (nSPS) is 18.1. The van der Waals surface area contributed by atoms with Crippen LogP contribution in [0.1, 0.15) is 33.1 Å². The Morgan fingerprint density at radius 3 is 2.84 bits per heavy atom. The molecule has 0 atom stereocenters. The van der Waals surface area contributed by atoms with Crippen molar-refractivity contribution in [3.63, 3.8) is 0 Å². The molecule has 0 aliphatic carbocycles. The average Bonchev–Trinajstić information content (AvgIpc) is 2.98. The summed E-state index contributed by atoms with van der Waals surface area (Å²) in [7, 11) is 0. The molecule has 0 aromatic carbocycles. The Bertz CT molecular complexity index is 397. The molecular weight excluding hydrogens is 258 g/mol. The lowest BCUT2D eigenvalue weighted by Crippen LogP contribution is -2.35. The second kappa shape index (κ2) is 6.93. The van der Waals surface area contributed by atoms with Gasteiger partial charge in [-0.3, -0.25) is 9.67 Å². The molecular formula is C13H23N5S. The number of aromatic nitrogens is 3. The molecule has 1 aromatic rings. The van der Waals surface area contributed by atoms with Crippen molar-refractivity contribution in [3.05, 3.63) is 12.4 Å². The van der Waals surface area contributed by atoms with E-state index < -0.39 is 0 Å². The third-order valence-corrected chi connectivity index (χ3v) is 5.19. The minimum atomic E-state index is 0.427. The maximum Gasteiger partial charge on any atom is 0.156 e. The van der Waals surface area contributed by atoms with Crippen molar-refractivity contribution in [1.82, 2.24) is 20.3 Å². The van der Waals surface area contributed by atoms with E-state index in [4.69, 9.17) is 4.99 Å². The summed E-state index contributed by atoms with van der Waals surface area (Å²) in [5.74, 6) is 1.19. The Morgan fingerprint density at radius 1 is 1.42 bits per heavy atom. The maximum absolute atomic E-state index is 4.69.